The number of H-pyrrole nitrogens is 1. The largest absolute Gasteiger partial charge is 0.449 e. The summed E-state index contributed by atoms with van der Waals surface area (Å²) in [5.74, 6) is 0.961. The summed E-state index contributed by atoms with van der Waals surface area (Å²) in [6.07, 6.45) is -1.25. The molecule has 2 aromatic carbocycles. The maximum atomic E-state index is 13.2. The van der Waals surface area contributed by atoms with Gasteiger partial charge in [0.25, 0.3) is 0 Å². The third kappa shape index (κ3) is 6.51. The van der Waals surface area contributed by atoms with Gasteiger partial charge in [0.05, 0.1) is 17.5 Å². The molecular weight excluding hydrogens is 507 g/mol. The summed E-state index contributed by atoms with van der Waals surface area (Å²) >= 11 is 0. The van der Waals surface area contributed by atoms with Crippen molar-refractivity contribution in [3.63, 3.8) is 0 Å². The van der Waals surface area contributed by atoms with Crippen LogP contribution in [-0.4, -0.2) is 44.9 Å². The van der Waals surface area contributed by atoms with E-state index in [0.29, 0.717) is 30.4 Å². The molecule has 0 aliphatic carbocycles. The fourth-order valence-corrected chi connectivity index (χ4v) is 4.88. The maximum absolute atomic E-state index is 13.2. The quantitative estimate of drug-likeness (QED) is 0.275. The van der Waals surface area contributed by atoms with Gasteiger partial charge in [-0.05, 0) is 43.5 Å². The fourth-order valence-electron chi connectivity index (χ4n) is 4.88. The predicted molar refractivity (Wildman–Crippen MR) is 142 cm³/mol. The number of furan rings is 1. The maximum Gasteiger partial charge on any atom is 0.416 e. The van der Waals surface area contributed by atoms with E-state index in [9.17, 15) is 18.0 Å². The minimum atomic E-state index is -4.37. The van der Waals surface area contributed by atoms with Gasteiger partial charge >= 0.3 is 12.2 Å². The molecule has 1 aliphatic rings. The Labute approximate surface area is 224 Å². The lowest BCUT2D eigenvalue weighted by molar-refractivity contribution is -0.137. The Bertz CT molecular complexity index is 1360. The molecule has 2 aromatic heterocycles. The van der Waals surface area contributed by atoms with Crippen molar-refractivity contribution < 1.29 is 22.4 Å². The molecule has 39 heavy (non-hydrogen) atoms. The van der Waals surface area contributed by atoms with Gasteiger partial charge < -0.3 is 14.3 Å². The van der Waals surface area contributed by atoms with Crippen LogP contribution in [0.15, 0.2) is 77.4 Å². The van der Waals surface area contributed by atoms with Crippen molar-refractivity contribution >= 4 is 11.9 Å². The second-order valence-corrected chi connectivity index (χ2v) is 9.76. The number of imidazole rings is 1. The molecule has 0 bridgehead atoms. The Morgan fingerprint density at radius 2 is 1.79 bits per heavy atom. The zero-order chi connectivity index (χ0) is 27.4. The van der Waals surface area contributed by atoms with Gasteiger partial charge in [-0.1, -0.05) is 42.5 Å². The SMILES string of the molecule is Cc1[nH]c(-c2ccc(C(F)(F)F)cc2)nc1CN1CCC(N(Cc2ccccc2)C(=O)Nc2ccco2)CC1. The Morgan fingerprint density at radius 3 is 2.44 bits per heavy atom. The number of piperidine rings is 1. The Morgan fingerprint density at radius 1 is 1.08 bits per heavy atom. The van der Waals surface area contributed by atoms with E-state index >= 15 is 0 Å². The third-order valence-corrected chi connectivity index (χ3v) is 7.05. The summed E-state index contributed by atoms with van der Waals surface area (Å²) in [4.78, 5) is 25.3. The van der Waals surface area contributed by atoms with E-state index in [-0.39, 0.29) is 12.1 Å². The predicted octanol–water partition coefficient (Wildman–Crippen LogP) is 6.70. The summed E-state index contributed by atoms with van der Waals surface area (Å²) in [6, 6.07) is 18.2. The highest BCUT2D eigenvalue weighted by Gasteiger charge is 2.31. The molecule has 1 fully saturated rings. The summed E-state index contributed by atoms with van der Waals surface area (Å²) < 4.78 is 44.0. The highest BCUT2D eigenvalue weighted by molar-refractivity contribution is 5.88. The second-order valence-electron chi connectivity index (χ2n) is 9.76. The number of nitrogens with one attached hydrogen (secondary N) is 2. The van der Waals surface area contributed by atoms with E-state index in [1.54, 1.807) is 12.1 Å². The van der Waals surface area contributed by atoms with Crippen molar-refractivity contribution in [2.45, 2.75) is 45.1 Å². The van der Waals surface area contributed by atoms with Gasteiger partial charge in [-0.2, -0.15) is 13.2 Å². The minimum absolute atomic E-state index is 0.0550. The molecule has 7 nitrogen and oxygen atoms in total. The van der Waals surface area contributed by atoms with Crippen molar-refractivity contribution in [3.8, 4) is 11.4 Å². The zero-order valence-corrected chi connectivity index (χ0v) is 21.5. The molecule has 10 heteroatoms. The molecule has 2 N–H and O–H groups in total. The molecule has 5 rings (SSSR count). The van der Waals surface area contributed by atoms with E-state index in [4.69, 9.17) is 4.42 Å². The normalized spacial score (nSPS) is 14.9. The van der Waals surface area contributed by atoms with Crippen LogP contribution in [-0.2, 0) is 19.3 Å². The van der Waals surface area contributed by atoms with E-state index in [1.165, 1.54) is 18.4 Å². The number of aryl methyl sites for hydroxylation is 1. The molecule has 204 valence electrons. The fraction of sp³-hybridized carbons (Fsp3) is 0.310. The first-order chi connectivity index (χ1) is 18.8. The number of aromatic amines is 1. The first kappa shape index (κ1) is 26.6. The van der Waals surface area contributed by atoms with Crippen LogP contribution >= 0.6 is 0 Å². The smallest absolute Gasteiger partial charge is 0.416 e. The number of anilines is 1. The van der Waals surface area contributed by atoms with Gasteiger partial charge in [0.2, 0.25) is 5.88 Å². The number of aromatic nitrogens is 2. The number of hydrogen-bond acceptors (Lipinski definition) is 4. The average Bonchev–Trinajstić information content (AvgIpc) is 3.57. The Balaban J connectivity index is 1.22. The number of benzene rings is 2. The lowest BCUT2D eigenvalue weighted by Gasteiger charge is -2.38. The van der Waals surface area contributed by atoms with Gasteiger partial charge in [0.15, 0.2) is 0 Å². The number of carbonyl (C=O) groups excluding carboxylic acids is 1. The van der Waals surface area contributed by atoms with Gasteiger partial charge in [0, 0.05) is 49.5 Å². The summed E-state index contributed by atoms with van der Waals surface area (Å²) in [5, 5.41) is 2.86. The number of alkyl halides is 3. The standard InChI is InChI=1S/C29H30F3N5O2/c1-20-25(34-27(33-20)22-9-11-23(12-10-22)29(30,31)32)19-36-15-13-24(14-16-36)37(18-21-6-3-2-4-7-21)28(38)35-26-8-5-17-39-26/h2-12,17,24H,13-16,18-19H2,1H3,(H,33,34)(H,35,38). The van der Waals surface area contributed by atoms with Crippen molar-refractivity contribution in [2.24, 2.45) is 0 Å². The van der Waals surface area contributed by atoms with Crippen LogP contribution in [0.2, 0.25) is 0 Å². The molecule has 2 amide bonds. The molecular formula is C29H30F3N5O2. The number of carbonyl (C=O) groups is 1. The van der Waals surface area contributed by atoms with Crippen LogP contribution in [0.1, 0.15) is 35.4 Å². The highest BCUT2D eigenvalue weighted by atomic mass is 19.4. The Kier molecular flexibility index (Phi) is 7.74. The number of nitrogens with zero attached hydrogens (tertiary/aromatic N) is 3. The van der Waals surface area contributed by atoms with E-state index in [0.717, 1.165) is 55.0 Å². The van der Waals surface area contributed by atoms with Crippen LogP contribution in [0.25, 0.3) is 11.4 Å². The topological polar surface area (TPSA) is 77.4 Å². The van der Waals surface area contributed by atoms with Gasteiger partial charge in [0.1, 0.15) is 5.82 Å². The first-order valence-electron chi connectivity index (χ1n) is 12.9. The lowest BCUT2D eigenvalue weighted by atomic mass is 10.0. The number of urea groups is 1. The van der Waals surface area contributed by atoms with Crippen LogP contribution in [0.5, 0.6) is 0 Å². The highest BCUT2D eigenvalue weighted by Crippen LogP contribution is 2.31. The second kappa shape index (κ2) is 11.4. The minimum Gasteiger partial charge on any atom is -0.449 e. The number of hydrogen-bond donors (Lipinski definition) is 2. The molecule has 0 radical (unpaired) electrons. The van der Waals surface area contributed by atoms with Crippen LogP contribution in [0.3, 0.4) is 0 Å². The van der Waals surface area contributed by atoms with Crippen LogP contribution in [0, 0.1) is 6.92 Å². The number of rotatable bonds is 7. The monoisotopic (exact) mass is 537 g/mol. The molecule has 0 unspecified atom stereocenters. The van der Waals surface area contributed by atoms with E-state index < -0.39 is 11.7 Å². The van der Waals surface area contributed by atoms with E-state index in [2.05, 4.69) is 20.2 Å². The summed E-state index contributed by atoms with van der Waals surface area (Å²) in [5.41, 5.74) is 2.72. The van der Waals surface area contributed by atoms with Gasteiger partial charge in [-0.25, -0.2) is 9.78 Å². The Hall–Kier alpha value is -4.05. The van der Waals surface area contributed by atoms with Crippen molar-refractivity contribution in [1.82, 2.24) is 19.8 Å². The number of likely N-dealkylation sites (tertiary alicyclic amines) is 1. The van der Waals surface area contributed by atoms with Crippen molar-refractivity contribution in [1.29, 1.82) is 0 Å². The molecule has 1 saturated heterocycles. The van der Waals surface area contributed by atoms with Gasteiger partial charge in [-0.15, -0.1) is 0 Å². The summed E-state index contributed by atoms with van der Waals surface area (Å²) in [6.45, 7) is 4.60. The molecule has 1 aliphatic heterocycles. The average molecular weight is 538 g/mol. The van der Waals surface area contributed by atoms with Crippen LogP contribution in [0.4, 0.5) is 23.8 Å². The molecule has 4 aromatic rings. The molecule has 0 atom stereocenters. The number of halogens is 3. The van der Waals surface area contributed by atoms with Gasteiger partial charge in [-0.3, -0.25) is 10.2 Å². The summed E-state index contributed by atoms with van der Waals surface area (Å²) in [7, 11) is 0. The first-order valence-corrected chi connectivity index (χ1v) is 12.9. The third-order valence-electron chi connectivity index (χ3n) is 7.05. The van der Waals surface area contributed by atoms with Crippen molar-refractivity contribution in [3.05, 3.63) is 95.5 Å². The zero-order valence-electron chi connectivity index (χ0n) is 21.5. The van der Waals surface area contributed by atoms with E-state index in [1.807, 2.05) is 42.2 Å². The number of amides is 2. The molecule has 3 heterocycles. The lowest BCUT2D eigenvalue weighted by Crippen LogP contribution is -2.48. The molecule has 0 saturated carbocycles. The van der Waals surface area contributed by atoms with Crippen LogP contribution < -0.4 is 5.32 Å². The van der Waals surface area contributed by atoms with Crippen molar-refractivity contribution in [2.75, 3.05) is 18.4 Å². The molecule has 0 spiro atoms.